The average Bonchev–Trinajstić information content (AvgIpc) is 3.17. The van der Waals surface area contributed by atoms with E-state index in [1.165, 1.54) is 0 Å². The van der Waals surface area contributed by atoms with Crippen LogP contribution >= 0.6 is 0 Å². The highest BCUT2D eigenvalue weighted by molar-refractivity contribution is 6.02. The molecular formula is C23H29N3O2. The lowest BCUT2D eigenvalue weighted by molar-refractivity contribution is -0.132. The van der Waals surface area contributed by atoms with Gasteiger partial charge in [0.1, 0.15) is 0 Å². The first-order chi connectivity index (χ1) is 13.3. The van der Waals surface area contributed by atoms with Gasteiger partial charge in [-0.05, 0) is 51.1 Å². The Hall–Kier alpha value is -2.66. The molecule has 1 heterocycles. The number of hydrogen-bond donors (Lipinski definition) is 1. The standard InChI is InChI=1S/C23H29N3O2/c1-17-5-9-19(10-6-17)25(3)21(27)15-23(13-14-24-16-23)22(28)26(4)20-11-7-18(2)8-12-20/h5-12,24H,13-16H2,1-4H3. The zero-order valence-corrected chi connectivity index (χ0v) is 17.2. The van der Waals surface area contributed by atoms with E-state index in [4.69, 9.17) is 0 Å². The lowest BCUT2D eigenvalue weighted by Gasteiger charge is -2.33. The molecule has 1 aliphatic heterocycles. The van der Waals surface area contributed by atoms with Crippen molar-refractivity contribution in [3.63, 3.8) is 0 Å². The molecule has 0 radical (unpaired) electrons. The summed E-state index contributed by atoms with van der Waals surface area (Å²) in [6, 6.07) is 15.7. The Bertz CT molecular complexity index is 837. The molecule has 1 unspecified atom stereocenters. The number of nitrogens with zero attached hydrogens (tertiary/aromatic N) is 2. The van der Waals surface area contributed by atoms with Gasteiger partial charge in [-0.1, -0.05) is 35.4 Å². The van der Waals surface area contributed by atoms with Gasteiger partial charge >= 0.3 is 0 Å². The maximum Gasteiger partial charge on any atom is 0.234 e. The van der Waals surface area contributed by atoms with Crippen LogP contribution in [0.1, 0.15) is 24.0 Å². The van der Waals surface area contributed by atoms with Crippen molar-refractivity contribution in [3.8, 4) is 0 Å². The molecule has 0 spiro atoms. The van der Waals surface area contributed by atoms with Crippen molar-refractivity contribution in [1.82, 2.24) is 5.32 Å². The molecule has 5 heteroatoms. The van der Waals surface area contributed by atoms with Crippen LogP contribution in [0.5, 0.6) is 0 Å². The Morgan fingerprint density at radius 1 is 0.893 bits per heavy atom. The summed E-state index contributed by atoms with van der Waals surface area (Å²) >= 11 is 0. The second-order valence-corrected chi connectivity index (χ2v) is 7.87. The van der Waals surface area contributed by atoms with Gasteiger partial charge in [-0.3, -0.25) is 9.59 Å². The van der Waals surface area contributed by atoms with E-state index in [2.05, 4.69) is 5.32 Å². The number of carbonyl (C=O) groups is 2. The van der Waals surface area contributed by atoms with Crippen LogP contribution in [0.15, 0.2) is 48.5 Å². The third-order valence-electron chi connectivity index (χ3n) is 5.71. The Kier molecular flexibility index (Phi) is 5.84. The summed E-state index contributed by atoms with van der Waals surface area (Å²) in [4.78, 5) is 29.8. The van der Waals surface area contributed by atoms with E-state index >= 15 is 0 Å². The van der Waals surface area contributed by atoms with Crippen molar-refractivity contribution in [2.45, 2.75) is 26.7 Å². The number of benzene rings is 2. The first-order valence-electron chi connectivity index (χ1n) is 9.71. The summed E-state index contributed by atoms with van der Waals surface area (Å²) in [7, 11) is 3.57. The van der Waals surface area contributed by atoms with E-state index < -0.39 is 5.41 Å². The SMILES string of the molecule is Cc1ccc(N(C)C(=O)CC2(C(=O)N(C)c3ccc(C)cc3)CCNC2)cc1. The molecule has 0 aromatic heterocycles. The maximum atomic E-state index is 13.4. The molecule has 1 saturated heterocycles. The summed E-state index contributed by atoms with van der Waals surface area (Å²) in [6.07, 6.45) is 0.856. The molecule has 1 N–H and O–H groups in total. The van der Waals surface area contributed by atoms with Crippen LogP contribution in [0.25, 0.3) is 0 Å². The van der Waals surface area contributed by atoms with Gasteiger partial charge in [0.05, 0.1) is 5.41 Å². The number of nitrogens with one attached hydrogen (secondary N) is 1. The Labute approximate surface area is 167 Å². The first kappa shape index (κ1) is 20.1. The van der Waals surface area contributed by atoms with Crippen LogP contribution in [0.2, 0.25) is 0 Å². The molecule has 28 heavy (non-hydrogen) atoms. The van der Waals surface area contributed by atoms with E-state index in [0.29, 0.717) is 13.0 Å². The molecule has 1 atom stereocenters. The van der Waals surface area contributed by atoms with Crippen molar-refractivity contribution in [1.29, 1.82) is 0 Å². The highest BCUT2D eigenvalue weighted by atomic mass is 16.2. The summed E-state index contributed by atoms with van der Waals surface area (Å²) in [5, 5.41) is 3.28. The largest absolute Gasteiger partial charge is 0.316 e. The number of anilines is 2. The van der Waals surface area contributed by atoms with E-state index in [0.717, 1.165) is 29.0 Å². The average molecular weight is 380 g/mol. The number of rotatable bonds is 5. The zero-order valence-electron chi connectivity index (χ0n) is 17.2. The van der Waals surface area contributed by atoms with Crippen LogP contribution in [-0.4, -0.2) is 39.0 Å². The van der Waals surface area contributed by atoms with Gasteiger partial charge in [0.25, 0.3) is 0 Å². The van der Waals surface area contributed by atoms with Gasteiger partial charge in [-0.15, -0.1) is 0 Å². The predicted octanol–water partition coefficient (Wildman–Crippen LogP) is 3.30. The predicted molar refractivity (Wildman–Crippen MR) is 114 cm³/mol. The minimum Gasteiger partial charge on any atom is -0.316 e. The van der Waals surface area contributed by atoms with Crippen molar-refractivity contribution in [2.75, 3.05) is 37.0 Å². The van der Waals surface area contributed by atoms with E-state index in [-0.39, 0.29) is 18.2 Å². The quantitative estimate of drug-likeness (QED) is 0.867. The fourth-order valence-corrected chi connectivity index (χ4v) is 3.71. The zero-order chi connectivity index (χ0) is 20.3. The van der Waals surface area contributed by atoms with E-state index in [1.54, 1.807) is 23.9 Å². The lowest BCUT2D eigenvalue weighted by atomic mass is 9.81. The van der Waals surface area contributed by atoms with Crippen LogP contribution in [0.3, 0.4) is 0 Å². The summed E-state index contributed by atoms with van der Waals surface area (Å²) in [5.74, 6) is -0.0507. The monoisotopic (exact) mass is 379 g/mol. The maximum absolute atomic E-state index is 13.4. The lowest BCUT2D eigenvalue weighted by Crippen LogP contribution is -2.47. The van der Waals surface area contributed by atoms with Crippen LogP contribution in [0, 0.1) is 19.3 Å². The van der Waals surface area contributed by atoms with Gasteiger partial charge < -0.3 is 15.1 Å². The molecular weight excluding hydrogens is 350 g/mol. The summed E-state index contributed by atoms with van der Waals surface area (Å²) < 4.78 is 0. The number of amides is 2. The molecule has 3 rings (SSSR count). The van der Waals surface area contributed by atoms with Crippen molar-refractivity contribution < 1.29 is 9.59 Å². The van der Waals surface area contributed by atoms with Crippen molar-refractivity contribution >= 4 is 23.2 Å². The smallest absolute Gasteiger partial charge is 0.234 e. The molecule has 0 bridgehead atoms. The first-order valence-corrected chi connectivity index (χ1v) is 9.71. The Balaban J connectivity index is 1.79. The summed E-state index contributed by atoms with van der Waals surface area (Å²) in [6.45, 7) is 5.31. The molecule has 1 aliphatic rings. The van der Waals surface area contributed by atoms with Gasteiger partial charge in [-0.2, -0.15) is 0 Å². The second kappa shape index (κ2) is 8.15. The second-order valence-electron chi connectivity index (χ2n) is 7.87. The minimum absolute atomic E-state index is 0.00740. The molecule has 2 aromatic carbocycles. The molecule has 148 valence electrons. The van der Waals surface area contributed by atoms with Gasteiger partial charge in [-0.25, -0.2) is 0 Å². The topological polar surface area (TPSA) is 52.7 Å². The molecule has 5 nitrogen and oxygen atoms in total. The molecule has 0 aliphatic carbocycles. The fraction of sp³-hybridized carbons (Fsp3) is 0.391. The minimum atomic E-state index is -0.713. The third kappa shape index (κ3) is 4.09. The molecule has 0 saturated carbocycles. The number of carbonyl (C=O) groups excluding carboxylic acids is 2. The van der Waals surface area contributed by atoms with Crippen LogP contribution in [0.4, 0.5) is 11.4 Å². The van der Waals surface area contributed by atoms with E-state index in [9.17, 15) is 9.59 Å². The molecule has 2 aromatic rings. The Morgan fingerprint density at radius 3 is 1.86 bits per heavy atom. The number of aryl methyl sites for hydroxylation is 2. The highest BCUT2D eigenvalue weighted by Gasteiger charge is 2.45. The van der Waals surface area contributed by atoms with Gasteiger partial charge in [0, 0.05) is 38.4 Å². The van der Waals surface area contributed by atoms with Crippen molar-refractivity contribution in [3.05, 3.63) is 59.7 Å². The fourth-order valence-electron chi connectivity index (χ4n) is 3.71. The van der Waals surface area contributed by atoms with Crippen LogP contribution < -0.4 is 15.1 Å². The van der Waals surface area contributed by atoms with Gasteiger partial charge in [0.15, 0.2) is 0 Å². The summed E-state index contributed by atoms with van der Waals surface area (Å²) in [5.41, 5.74) is 3.28. The molecule has 2 amide bonds. The third-order valence-corrected chi connectivity index (χ3v) is 5.71. The Morgan fingerprint density at radius 2 is 1.39 bits per heavy atom. The van der Waals surface area contributed by atoms with Crippen molar-refractivity contribution in [2.24, 2.45) is 5.41 Å². The van der Waals surface area contributed by atoms with Crippen LogP contribution in [-0.2, 0) is 9.59 Å². The van der Waals surface area contributed by atoms with Gasteiger partial charge in [0.2, 0.25) is 11.8 Å². The van der Waals surface area contributed by atoms with E-state index in [1.807, 2.05) is 62.4 Å². The highest BCUT2D eigenvalue weighted by Crippen LogP contribution is 2.34. The number of hydrogen-bond acceptors (Lipinski definition) is 3. The molecule has 1 fully saturated rings. The normalized spacial score (nSPS) is 18.7.